The zero-order chi connectivity index (χ0) is 39.2. The number of aryl methyl sites for hydroxylation is 1. The van der Waals surface area contributed by atoms with Gasteiger partial charge in [-0.05, 0) is 98.2 Å². The first kappa shape index (κ1) is 36.4. The minimum Gasteiger partial charge on any atom is -0.507 e. The summed E-state index contributed by atoms with van der Waals surface area (Å²) in [4.78, 5) is 1.08. The van der Waals surface area contributed by atoms with Crippen molar-refractivity contribution in [2.45, 2.75) is 18.4 Å². The van der Waals surface area contributed by atoms with Crippen LogP contribution in [0, 0.1) is 6.92 Å². The number of phenolic OH excluding ortho intramolecular Hbond substituents is 1. The van der Waals surface area contributed by atoms with Gasteiger partial charge in [0, 0.05) is 32.4 Å². The fraction of sp³-hybridized carbons (Fsp3) is 0.0612. The number of aromatic hydroxyl groups is 1. The van der Waals surface area contributed by atoms with Crippen LogP contribution >= 0.6 is 29.0 Å². The highest BCUT2D eigenvalue weighted by Crippen LogP contribution is 2.47. The minimum absolute atomic E-state index is 0.178. The fourth-order valence-electron chi connectivity index (χ4n) is 7.93. The lowest BCUT2D eigenvalue weighted by Crippen LogP contribution is -1.99. The predicted molar refractivity (Wildman–Crippen MR) is 243 cm³/mol. The predicted octanol–water partition coefficient (Wildman–Crippen LogP) is 14.9. The molecule has 9 heteroatoms. The van der Waals surface area contributed by atoms with Crippen molar-refractivity contribution in [1.82, 2.24) is 0 Å². The molecule has 1 N–H and O–H groups in total. The highest BCUT2D eigenvalue weighted by atomic mass is 32.2. The van der Waals surface area contributed by atoms with E-state index >= 15 is 0 Å². The maximum absolute atomic E-state index is 11.3. The first-order valence-electron chi connectivity index (χ1n) is 18.9. The van der Waals surface area contributed by atoms with Gasteiger partial charge in [-0.2, -0.15) is 0 Å². The fourth-order valence-corrected chi connectivity index (χ4v) is 10.2. The van der Waals surface area contributed by atoms with Gasteiger partial charge in [0.2, 0.25) is 0 Å². The number of hydrogen-bond acceptors (Lipinski definition) is 7. The Morgan fingerprint density at radius 3 is 1.71 bits per heavy atom. The number of benzene rings is 9. The van der Waals surface area contributed by atoms with Crippen LogP contribution in [-0.2, 0) is 6.61 Å². The van der Waals surface area contributed by atoms with Gasteiger partial charge in [-0.1, -0.05) is 121 Å². The Labute approximate surface area is 341 Å². The molecule has 1 heterocycles. The molecular formula is C49H36O6P2S. The van der Waals surface area contributed by atoms with Gasteiger partial charge in [0.05, 0.1) is 6.61 Å². The Bertz CT molecular complexity index is 3150. The van der Waals surface area contributed by atoms with E-state index in [1.165, 1.54) is 0 Å². The second-order valence-electron chi connectivity index (χ2n) is 14.1. The topological polar surface area (TPSA) is 74.2 Å². The molecule has 10 aromatic rings. The molecule has 6 nitrogen and oxygen atoms in total. The number of fused-ring (bicyclic) bond motifs is 9. The monoisotopic (exact) mass is 814 g/mol. The summed E-state index contributed by atoms with van der Waals surface area (Å²) in [6, 6.07) is 53.0. The van der Waals surface area contributed by atoms with Crippen molar-refractivity contribution >= 4 is 94.1 Å². The molecule has 284 valence electrons. The smallest absolute Gasteiger partial charge is 0.387 e. The van der Waals surface area contributed by atoms with Gasteiger partial charge in [-0.3, -0.25) is 4.52 Å². The van der Waals surface area contributed by atoms with E-state index in [1.54, 1.807) is 17.8 Å². The van der Waals surface area contributed by atoms with Gasteiger partial charge < -0.3 is 22.5 Å². The van der Waals surface area contributed by atoms with Crippen molar-refractivity contribution < 1.29 is 27.1 Å². The third-order valence-corrected chi connectivity index (χ3v) is 12.9. The van der Waals surface area contributed by atoms with Crippen LogP contribution < -0.4 is 13.6 Å². The van der Waals surface area contributed by atoms with E-state index in [0.29, 0.717) is 22.7 Å². The Balaban J connectivity index is 1.01. The molecule has 0 aliphatic heterocycles. The van der Waals surface area contributed by atoms with Gasteiger partial charge in [0.15, 0.2) is 0 Å². The third-order valence-electron chi connectivity index (χ3n) is 10.6. The zero-order valence-electron chi connectivity index (χ0n) is 31.6. The summed E-state index contributed by atoms with van der Waals surface area (Å²) in [7, 11) is -2.27. The molecule has 1 atom stereocenters. The maximum Gasteiger partial charge on any atom is 0.387 e. The average Bonchev–Trinajstić information content (AvgIpc) is 3.43. The van der Waals surface area contributed by atoms with Gasteiger partial charge in [0.1, 0.15) is 28.4 Å². The lowest BCUT2D eigenvalue weighted by Gasteiger charge is -2.18. The molecule has 10 rings (SSSR count). The van der Waals surface area contributed by atoms with Gasteiger partial charge in [-0.25, -0.2) is 0 Å². The van der Waals surface area contributed by atoms with Crippen LogP contribution in [0.15, 0.2) is 171 Å². The standard InChI is InChI=1S/C49H36O6P2S/c1-30-27-36(58-2)28-35(29-51-57-54-43-25-21-33-13-5-9-17-39(33)47(43)48-40-18-10-6-14-34(40)22-26-44(48)55-57)49(30)53-56-52-42-24-20-32-12-4-8-16-38(32)46(42)45-37-15-7-3-11-31(37)19-23-41(45)50/h3-28,50,56H,29H2,1-2H3. The molecule has 0 amide bonds. The molecule has 0 radical (unpaired) electrons. The molecule has 1 aromatic heterocycles. The Morgan fingerprint density at radius 2 is 1.10 bits per heavy atom. The van der Waals surface area contributed by atoms with Crippen LogP contribution in [0.1, 0.15) is 11.1 Å². The van der Waals surface area contributed by atoms with Gasteiger partial charge in [0.25, 0.3) is 9.03 Å². The van der Waals surface area contributed by atoms with Crippen LogP contribution in [0.25, 0.3) is 76.2 Å². The van der Waals surface area contributed by atoms with Gasteiger partial charge in [-0.15, -0.1) is 11.8 Å². The number of phenols is 1. The molecule has 0 saturated heterocycles. The molecule has 0 bridgehead atoms. The van der Waals surface area contributed by atoms with Crippen molar-refractivity contribution in [3.63, 3.8) is 0 Å². The van der Waals surface area contributed by atoms with E-state index in [-0.39, 0.29) is 12.4 Å². The SMILES string of the molecule is CSc1cc(C)c(OPOc2ccc3ccccc3c2-c2c(O)ccc3ccccc23)c(COp2oc3ccc4ccccc4c3c3c(ccc4ccccc43)o2)c1. The summed E-state index contributed by atoms with van der Waals surface area (Å²) in [6.45, 7) is 2.21. The van der Waals surface area contributed by atoms with Crippen molar-refractivity contribution in [1.29, 1.82) is 0 Å². The highest BCUT2D eigenvalue weighted by Gasteiger charge is 2.20. The van der Waals surface area contributed by atoms with Crippen molar-refractivity contribution in [2.24, 2.45) is 0 Å². The van der Waals surface area contributed by atoms with Crippen molar-refractivity contribution in [3.8, 4) is 28.4 Å². The van der Waals surface area contributed by atoms with Crippen LogP contribution in [0.3, 0.4) is 0 Å². The highest BCUT2D eigenvalue weighted by molar-refractivity contribution is 7.98. The van der Waals surface area contributed by atoms with Gasteiger partial charge >= 0.3 is 8.24 Å². The third kappa shape index (κ3) is 6.61. The number of rotatable bonds is 9. The molecular weight excluding hydrogens is 779 g/mol. The summed E-state index contributed by atoms with van der Waals surface area (Å²) in [5, 5.41) is 21.7. The van der Waals surface area contributed by atoms with E-state index in [4.69, 9.17) is 22.0 Å². The van der Waals surface area contributed by atoms with E-state index in [2.05, 4.69) is 91.2 Å². The number of hydrogen-bond donors (Lipinski definition) is 1. The van der Waals surface area contributed by atoms with Crippen LogP contribution in [0.5, 0.6) is 17.2 Å². The second-order valence-corrected chi connectivity index (χ2v) is 16.6. The Kier molecular flexibility index (Phi) is 9.69. The first-order chi connectivity index (χ1) is 28.5. The molecule has 0 saturated carbocycles. The molecule has 0 fully saturated rings. The van der Waals surface area contributed by atoms with E-state index in [0.717, 1.165) is 81.0 Å². The summed E-state index contributed by atoms with van der Waals surface area (Å²) >= 11 is 1.66. The van der Waals surface area contributed by atoms with Crippen molar-refractivity contribution in [2.75, 3.05) is 6.26 Å². The minimum atomic E-state index is -1.87. The normalized spacial score (nSPS) is 11.8. The lowest BCUT2D eigenvalue weighted by atomic mass is 9.92. The molecule has 9 aromatic carbocycles. The zero-order valence-corrected chi connectivity index (χ0v) is 34.3. The van der Waals surface area contributed by atoms with E-state index < -0.39 is 17.3 Å². The van der Waals surface area contributed by atoms with E-state index in [9.17, 15) is 5.11 Å². The summed E-state index contributed by atoms with van der Waals surface area (Å²) in [5.74, 6) is 1.47. The maximum atomic E-state index is 11.3. The number of thioether (sulfide) groups is 1. The van der Waals surface area contributed by atoms with Crippen LogP contribution in [0.4, 0.5) is 0 Å². The average molecular weight is 815 g/mol. The first-order valence-corrected chi connectivity index (χ1v) is 22.0. The molecule has 0 aliphatic carbocycles. The van der Waals surface area contributed by atoms with E-state index in [1.807, 2.05) is 73.7 Å². The van der Waals surface area contributed by atoms with Crippen LogP contribution in [-0.4, -0.2) is 11.4 Å². The summed E-state index contributed by atoms with van der Waals surface area (Å²) in [6.07, 6.45) is 2.05. The quantitative estimate of drug-likeness (QED) is 0.115. The molecule has 0 aliphatic rings. The second kappa shape index (κ2) is 15.4. The van der Waals surface area contributed by atoms with Crippen molar-refractivity contribution in [3.05, 3.63) is 169 Å². The Hall–Kier alpha value is -5.94. The summed E-state index contributed by atoms with van der Waals surface area (Å²) in [5.41, 5.74) is 4.76. The molecule has 0 spiro atoms. The summed E-state index contributed by atoms with van der Waals surface area (Å²) < 4.78 is 33.0. The molecule has 1 unspecified atom stereocenters. The molecule has 58 heavy (non-hydrogen) atoms. The lowest BCUT2D eigenvalue weighted by molar-refractivity contribution is 0.358. The van der Waals surface area contributed by atoms with Crippen LogP contribution in [0.2, 0.25) is 0 Å². The largest absolute Gasteiger partial charge is 0.507 e. The Morgan fingerprint density at radius 1 is 0.586 bits per heavy atom.